The number of carbonyl (C=O) groups is 4. The van der Waals surface area contributed by atoms with Gasteiger partial charge in [0.05, 0.1) is 4.75 Å². The molecule has 1 N–H and O–H groups in total. The first kappa shape index (κ1) is 22.5. The first-order valence-electron chi connectivity index (χ1n) is 8.08. The van der Waals surface area contributed by atoms with Crippen LogP contribution in [-0.2, 0) is 35.2 Å². The van der Waals surface area contributed by atoms with Crippen molar-refractivity contribution in [2.75, 3.05) is 6.79 Å². The highest BCUT2D eigenvalue weighted by Crippen LogP contribution is 2.31. The highest BCUT2D eigenvalue weighted by Gasteiger charge is 2.40. The zero-order valence-corrected chi connectivity index (χ0v) is 16.5. The maximum Gasteiger partial charge on any atom is 0.370 e. The fourth-order valence-corrected chi connectivity index (χ4v) is 2.81. The quantitative estimate of drug-likeness (QED) is 0.526. The van der Waals surface area contributed by atoms with Gasteiger partial charge in [0, 0.05) is 13.8 Å². The number of ether oxygens (including phenoxy) is 3. The lowest BCUT2D eigenvalue weighted by atomic mass is 10.0. The van der Waals surface area contributed by atoms with Crippen LogP contribution in [0.1, 0.15) is 33.3 Å². The first-order chi connectivity index (χ1) is 12.6. The molecule has 0 radical (unpaired) electrons. The van der Waals surface area contributed by atoms with Gasteiger partial charge in [0.2, 0.25) is 12.7 Å². The Morgan fingerprint density at radius 3 is 2.22 bits per heavy atom. The minimum absolute atomic E-state index is 0.0351. The Balaban J connectivity index is 2.73. The maximum absolute atomic E-state index is 12.5. The number of hydrogen-bond donors (Lipinski definition) is 1. The summed E-state index contributed by atoms with van der Waals surface area (Å²) in [5.74, 6) is -1.72. The Labute approximate surface area is 161 Å². The Morgan fingerprint density at radius 2 is 1.67 bits per heavy atom. The van der Waals surface area contributed by atoms with Crippen LogP contribution in [0, 0.1) is 0 Å². The van der Waals surface area contributed by atoms with Gasteiger partial charge in [-0.15, -0.1) is 0 Å². The van der Waals surface area contributed by atoms with Gasteiger partial charge in [-0.05, 0) is 31.2 Å². The molecule has 0 spiro atoms. The Hall–Kier alpha value is -2.55. The molecule has 0 saturated carbocycles. The second-order valence-corrected chi connectivity index (χ2v) is 7.67. The zero-order valence-electron chi connectivity index (χ0n) is 15.6. The molecule has 1 aromatic carbocycles. The van der Waals surface area contributed by atoms with Gasteiger partial charge in [-0.2, -0.15) is 0 Å². The van der Waals surface area contributed by atoms with E-state index in [1.165, 1.54) is 13.8 Å². The van der Waals surface area contributed by atoms with E-state index in [0.717, 1.165) is 5.56 Å². The van der Waals surface area contributed by atoms with Gasteiger partial charge >= 0.3 is 17.2 Å². The number of esters is 2. The predicted octanol–water partition coefficient (Wildman–Crippen LogP) is 2.40. The monoisotopic (exact) mass is 397 g/mol. The summed E-state index contributed by atoms with van der Waals surface area (Å²) in [6.07, 6.45) is 0. The van der Waals surface area contributed by atoms with Crippen LogP contribution in [0.3, 0.4) is 0 Å². The van der Waals surface area contributed by atoms with E-state index in [0.29, 0.717) is 11.8 Å². The second kappa shape index (κ2) is 10.6. The van der Waals surface area contributed by atoms with Gasteiger partial charge in [-0.25, -0.2) is 9.59 Å². The lowest BCUT2D eigenvalue weighted by Gasteiger charge is -2.31. The number of thioether (sulfide) groups is 1. The number of benzene rings is 1. The molecule has 0 aliphatic carbocycles. The number of amides is 1. The summed E-state index contributed by atoms with van der Waals surface area (Å²) in [4.78, 5) is 46.6. The third-order valence-electron chi connectivity index (χ3n) is 3.29. The summed E-state index contributed by atoms with van der Waals surface area (Å²) in [5.41, 5.74) is 0.790. The van der Waals surface area contributed by atoms with Gasteiger partial charge in [0.15, 0.2) is 0 Å². The van der Waals surface area contributed by atoms with E-state index in [2.05, 4.69) is 10.1 Å². The lowest BCUT2D eigenvalue weighted by molar-refractivity contribution is -0.149. The predicted molar refractivity (Wildman–Crippen MR) is 98.6 cm³/mol. The molecule has 9 heteroatoms. The van der Waals surface area contributed by atoms with Crippen molar-refractivity contribution in [3.63, 3.8) is 0 Å². The number of hydrogen-bond acceptors (Lipinski definition) is 8. The average Bonchev–Trinajstić information content (AvgIpc) is 2.57. The van der Waals surface area contributed by atoms with Crippen molar-refractivity contribution in [1.29, 1.82) is 0 Å². The van der Waals surface area contributed by atoms with Gasteiger partial charge < -0.3 is 19.5 Å². The third kappa shape index (κ3) is 8.59. The lowest BCUT2D eigenvalue weighted by Crippen LogP contribution is -2.53. The van der Waals surface area contributed by atoms with Gasteiger partial charge in [-0.1, -0.05) is 30.3 Å². The minimum Gasteiger partial charge on any atom is -0.459 e. The summed E-state index contributed by atoms with van der Waals surface area (Å²) >= 11 is 0.686. The van der Waals surface area contributed by atoms with Crippen LogP contribution < -0.4 is 5.32 Å². The second-order valence-electron chi connectivity index (χ2n) is 6.08. The van der Waals surface area contributed by atoms with Crippen molar-refractivity contribution in [2.45, 2.75) is 45.1 Å². The molecular formula is C18H23NO7S. The fraction of sp³-hybridized carbons (Fsp3) is 0.444. The number of carbonyl (C=O) groups excluding carboxylic acids is 4. The van der Waals surface area contributed by atoms with Gasteiger partial charge in [0.25, 0.3) is 0 Å². The van der Waals surface area contributed by atoms with E-state index in [9.17, 15) is 19.2 Å². The molecule has 0 aromatic heterocycles. The van der Waals surface area contributed by atoms with Crippen LogP contribution >= 0.6 is 11.8 Å². The van der Waals surface area contributed by atoms with Crippen LogP contribution in [-0.4, -0.2) is 40.7 Å². The van der Waals surface area contributed by atoms with Crippen molar-refractivity contribution in [3.8, 4) is 0 Å². The molecule has 1 atom stereocenters. The molecule has 0 fully saturated rings. The van der Waals surface area contributed by atoms with Crippen LogP contribution in [0.15, 0.2) is 30.3 Å². The van der Waals surface area contributed by atoms with E-state index in [1.807, 2.05) is 18.2 Å². The fourth-order valence-electron chi connectivity index (χ4n) is 2.00. The van der Waals surface area contributed by atoms with Crippen molar-refractivity contribution in [3.05, 3.63) is 35.9 Å². The van der Waals surface area contributed by atoms with E-state index in [4.69, 9.17) is 9.47 Å². The molecule has 1 amide bonds. The summed E-state index contributed by atoms with van der Waals surface area (Å²) in [5, 5.41) is 1.75. The summed E-state index contributed by atoms with van der Waals surface area (Å²) in [6, 6.07) is 7.97. The van der Waals surface area contributed by atoms with E-state index < -0.39 is 40.7 Å². The summed E-state index contributed by atoms with van der Waals surface area (Å²) in [6.45, 7) is 5.13. The SMILES string of the molecule is CC(=O)N[C@@H](C(=O)OCc1ccccc1)C(C)(C)SC(=O)OCOC(C)=O. The minimum atomic E-state index is -1.09. The molecule has 1 rings (SSSR count). The summed E-state index contributed by atoms with van der Waals surface area (Å²) < 4.78 is 13.5. The molecular weight excluding hydrogens is 374 g/mol. The zero-order chi connectivity index (χ0) is 20.4. The normalized spacial score (nSPS) is 11.9. The van der Waals surface area contributed by atoms with Gasteiger partial charge in [-0.3, -0.25) is 9.59 Å². The Bertz CT molecular complexity index is 676. The maximum atomic E-state index is 12.5. The number of rotatable bonds is 8. The Morgan fingerprint density at radius 1 is 1.04 bits per heavy atom. The molecule has 0 bridgehead atoms. The van der Waals surface area contributed by atoms with Crippen molar-refractivity contribution < 1.29 is 33.4 Å². The van der Waals surface area contributed by atoms with Crippen molar-refractivity contribution >= 4 is 34.9 Å². The van der Waals surface area contributed by atoms with Crippen molar-refractivity contribution in [1.82, 2.24) is 5.32 Å². The molecule has 0 aliphatic heterocycles. The molecule has 27 heavy (non-hydrogen) atoms. The van der Waals surface area contributed by atoms with Crippen LogP contribution in [0.25, 0.3) is 0 Å². The van der Waals surface area contributed by atoms with Gasteiger partial charge in [0.1, 0.15) is 12.6 Å². The highest BCUT2D eigenvalue weighted by atomic mass is 32.2. The average molecular weight is 397 g/mol. The topological polar surface area (TPSA) is 108 Å². The molecule has 0 aliphatic rings. The molecule has 1 aromatic rings. The van der Waals surface area contributed by atoms with Crippen LogP contribution in [0.5, 0.6) is 0 Å². The van der Waals surface area contributed by atoms with Crippen molar-refractivity contribution in [2.24, 2.45) is 0 Å². The standard InChI is InChI=1S/C18H23NO7S/c1-12(20)19-15(16(22)24-10-14-8-6-5-7-9-14)18(3,4)27-17(23)26-11-25-13(2)21/h5-9,15H,10-11H2,1-4H3,(H,19,20)/t15-/m0/s1. The third-order valence-corrected chi connectivity index (χ3v) is 4.33. The molecule has 8 nitrogen and oxygen atoms in total. The molecule has 0 unspecified atom stereocenters. The molecule has 148 valence electrons. The number of nitrogens with one attached hydrogen (secondary N) is 1. The first-order valence-corrected chi connectivity index (χ1v) is 8.90. The smallest absolute Gasteiger partial charge is 0.370 e. The van der Waals surface area contributed by atoms with E-state index in [1.54, 1.807) is 26.0 Å². The summed E-state index contributed by atoms with van der Waals surface area (Å²) in [7, 11) is 0. The molecule has 0 saturated heterocycles. The Kier molecular flexibility index (Phi) is 8.80. The molecule has 0 heterocycles. The largest absolute Gasteiger partial charge is 0.459 e. The van der Waals surface area contributed by atoms with Crippen LogP contribution in [0.2, 0.25) is 0 Å². The van der Waals surface area contributed by atoms with E-state index in [-0.39, 0.29) is 6.61 Å². The highest BCUT2D eigenvalue weighted by molar-refractivity contribution is 8.14. The van der Waals surface area contributed by atoms with E-state index >= 15 is 0 Å². The van der Waals surface area contributed by atoms with Crippen LogP contribution in [0.4, 0.5) is 4.79 Å².